The van der Waals surface area contributed by atoms with Gasteiger partial charge in [-0.2, -0.15) is 17.3 Å². The fourth-order valence-electron chi connectivity index (χ4n) is 3.18. The van der Waals surface area contributed by atoms with Gasteiger partial charge in [0.25, 0.3) is 0 Å². The van der Waals surface area contributed by atoms with Crippen LogP contribution in [0.25, 0.3) is 0 Å². The SMILES string of the molecule is CC(C)=CCC/C(C)=C/CC/C(C)=C/CSCC(Nc1ncccc1C)C1=CNNN1. The lowest BCUT2D eigenvalue weighted by Gasteiger charge is -2.20. The average molecular weight is 442 g/mol. The van der Waals surface area contributed by atoms with Crippen molar-refractivity contribution in [2.24, 2.45) is 0 Å². The smallest absolute Gasteiger partial charge is 0.129 e. The van der Waals surface area contributed by atoms with Gasteiger partial charge in [0.05, 0.1) is 11.7 Å². The van der Waals surface area contributed by atoms with Crippen LogP contribution in [0.15, 0.2) is 65.2 Å². The first kappa shape index (κ1) is 25.1. The van der Waals surface area contributed by atoms with Crippen LogP contribution in [0.2, 0.25) is 0 Å². The van der Waals surface area contributed by atoms with Gasteiger partial charge in [0.2, 0.25) is 0 Å². The molecule has 170 valence electrons. The van der Waals surface area contributed by atoms with Crippen LogP contribution in [0.1, 0.15) is 58.9 Å². The molecule has 31 heavy (non-hydrogen) atoms. The molecular weight excluding hydrogens is 402 g/mol. The molecule has 4 N–H and O–H groups in total. The van der Waals surface area contributed by atoms with Crippen LogP contribution in [0.4, 0.5) is 5.82 Å². The Morgan fingerprint density at radius 3 is 2.52 bits per heavy atom. The maximum atomic E-state index is 4.48. The fourth-order valence-corrected chi connectivity index (χ4v) is 4.22. The van der Waals surface area contributed by atoms with Gasteiger partial charge >= 0.3 is 0 Å². The quantitative estimate of drug-likeness (QED) is 0.230. The van der Waals surface area contributed by atoms with E-state index in [2.05, 4.69) is 85.6 Å². The lowest BCUT2D eigenvalue weighted by atomic mass is 10.1. The standard InChI is InChI=1S/C25H39N5S/c1-19(2)9-6-10-20(3)11-7-12-21(4)14-16-31-18-24(23-17-27-30-29-23)28-25-22(5)13-8-15-26-25/h8-9,11,13-15,17,24,27,29-30H,6-7,10,12,16,18H2,1-5H3,(H,26,28)/b20-11+,21-14+. The second kappa shape index (κ2) is 14.0. The first-order valence-electron chi connectivity index (χ1n) is 11.1. The number of aromatic nitrogens is 1. The third kappa shape index (κ3) is 10.1. The number of hydrazine groups is 2. The first-order chi connectivity index (χ1) is 15.0. The average Bonchev–Trinajstić information content (AvgIpc) is 3.26. The highest BCUT2D eigenvalue weighted by Crippen LogP contribution is 2.18. The Labute approximate surface area is 192 Å². The van der Waals surface area contributed by atoms with Crippen molar-refractivity contribution >= 4 is 17.6 Å². The molecule has 0 amide bonds. The Kier molecular flexibility index (Phi) is 11.3. The zero-order valence-corrected chi connectivity index (χ0v) is 20.5. The summed E-state index contributed by atoms with van der Waals surface area (Å²) in [6.07, 6.45) is 15.5. The molecule has 0 saturated carbocycles. The third-order valence-corrected chi connectivity index (χ3v) is 6.13. The number of allylic oxidation sites excluding steroid dienone is 5. The second-order valence-electron chi connectivity index (χ2n) is 8.36. The van der Waals surface area contributed by atoms with E-state index >= 15 is 0 Å². The molecule has 0 fully saturated rings. The van der Waals surface area contributed by atoms with Crippen molar-refractivity contribution in [3.05, 3.63) is 70.7 Å². The number of aryl methyl sites for hydroxylation is 1. The maximum Gasteiger partial charge on any atom is 0.129 e. The van der Waals surface area contributed by atoms with Crippen LogP contribution >= 0.6 is 11.8 Å². The summed E-state index contributed by atoms with van der Waals surface area (Å²) in [4.78, 5) is 4.48. The molecular formula is C25H39N5S. The summed E-state index contributed by atoms with van der Waals surface area (Å²) < 4.78 is 0. The van der Waals surface area contributed by atoms with E-state index in [-0.39, 0.29) is 6.04 Å². The van der Waals surface area contributed by atoms with E-state index < -0.39 is 0 Å². The van der Waals surface area contributed by atoms with Crippen molar-refractivity contribution in [1.82, 2.24) is 21.4 Å². The number of nitrogens with zero attached hydrogens (tertiary/aromatic N) is 1. The van der Waals surface area contributed by atoms with Gasteiger partial charge in [0.1, 0.15) is 5.82 Å². The van der Waals surface area contributed by atoms with E-state index in [0.717, 1.165) is 47.8 Å². The van der Waals surface area contributed by atoms with E-state index in [1.54, 1.807) is 0 Å². The number of hydrogen-bond acceptors (Lipinski definition) is 6. The van der Waals surface area contributed by atoms with Gasteiger partial charge < -0.3 is 16.2 Å². The number of rotatable bonds is 13. The van der Waals surface area contributed by atoms with E-state index in [1.165, 1.54) is 23.1 Å². The number of hydrogen-bond donors (Lipinski definition) is 4. The molecule has 1 aromatic heterocycles. The van der Waals surface area contributed by atoms with Crippen molar-refractivity contribution in [3.63, 3.8) is 0 Å². The van der Waals surface area contributed by atoms with Crippen molar-refractivity contribution in [2.45, 2.75) is 66.3 Å². The summed E-state index contributed by atoms with van der Waals surface area (Å²) in [6, 6.07) is 4.20. The zero-order valence-electron chi connectivity index (χ0n) is 19.7. The number of thioether (sulfide) groups is 1. The first-order valence-corrected chi connectivity index (χ1v) is 12.3. The van der Waals surface area contributed by atoms with Crippen LogP contribution in [0.3, 0.4) is 0 Å². The highest BCUT2D eigenvalue weighted by atomic mass is 32.2. The molecule has 6 heteroatoms. The van der Waals surface area contributed by atoms with Crippen LogP contribution < -0.4 is 21.7 Å². The number of pyridine rings is 1. The van der Waals surface area contributed by atoms with Gasteiger partial charge in [-0.1, -0.05) is 41.0 Å². The Morgan fingerprint density at radius 2 is 1.84 bits per heavy atom. The van der Waals surface area contributed by atoms with Gasteiger partial charge in [0.15, 0.2) is 0 Å². The van der Waals surface area contributed by atoms with Crippen LogP contribution in [-0.2, 0) is 0 Å². The predicted molar refractivity (Wildman–Crippen MR) is 137 cm³/mol. The minimum Gasteiger partial charge on any atom is -0.361 e. The van der Waals surface area contributed by atoms with Crippen molar-refractivity contribution < 1.29 is 0 Å². The number of anilines is 1. The molecule has 5 nitrogen and oxygen atoms in total. The van der Waals surface area contributed by atoms with Gasteiger partial charge in [-0.15, -0.1) is 0 Å². The van der Waals surface area contributed by atoms with Gasteiger partial charge in [-0.25, -0.2) is 4.98 Å². The van der Waals surface area contributed by atoms with E-state index in [0.29, 0.717) is 0 Å². The highest BCUT2D eigenvalue weighted by Gasteiger charge is 2.18. The molecule has 1 unspecified atom stereocenters. The summed E-state index contributed by atoms with van der Waals surface area (Å²) in [5, 5.41) is 3.57. The van der Waals surface area contributed by atoms with Crippen molar-refractivity contribution in [1.29, 1.82) is 0 Å². The molecule has 1 aliphatic rings. The zero-order chi connectivity index (χ0) is 22.5. The lowest BCUT2D eigenvalue weighted by molar-refractivity contribution is 0.586. The minimum atomic E-state index is 0.154. The van der Waals surface area contributed by atoms with E-state index in [1.807, 2.05) is 30.2 Å². The fraction of sp³-hybridized carbons (Fsp3) is 0.480. The molecule has 2 heterocycles. The third-order valence-electron chi connectivity index (χ3n) is 5.16. The summed E-state index contributed by atoms with van der Waals surface area (Å²) in [5.74, 6) is 2.90. The summed E-state index contributed by atoms with van der Waals surface area (Å²) in [7, 11) is 0. The largest absolute Gasteiger partial charge is 0.361 e. The summed E-state index contributed by atoms with van der Waals surface area (Å²) in [6.45, 7) is 10.9. The van der Waals surface area contributed by atoms with Crippen LogP contribution in [0.5, 0.6) is 0 Å². The molecule has 0 aliphatic carbocycles. The van der Waals surface area contributed by atoms with Crippen molar-refractivity contribution in [3.8, 4) is 0 Å². The van der Waals surface area contributed by atoms with E-state index in [9.17, 15) is 0 Å². The number of nitrogens with one attached hydrogen (secondary N) is 4. The predicted octanol–water partition coefficient (Wildman–Crippen LogP) is 5.78. The molecule has 1 aromatic rings. The van der Waals surface area contributed by atoms with Gasteiger partial charge in [-0.3, -0.25) is 0 Å². The van der Waals surface area contributed by atoms with E-state index in [4.69, 9.17) is 0 Å². The molecule has 0 spiro atoms. The normalized spacial score (nSPS) is 15.1. The minimum absolute atomic E-state index is 0.154. The summed E-state index contributed by atoms with van der Waals surface area (Å²) in [5.41, 5.74) is 15.7. The Hall–Kier alpha value is -2.18. The Bertz CT molecular complexity index is 806. The molecule has 0 aromatic carbocycles. The summed E-state index contributed by atoms with van der Waals surface area (Å²) >= 11 is 1.93. The molecule has 1 aliphatic heterocycles. The van der Waals surface area contributed by atoms with Crippen LogP contribution in [-0.4, -0.2) is 22.5 Å². The molecule has 0 bridgehead atoms. The Morgan fingerprint density at radius 1 is 1.10 bits per heavy atom. The van der Waals surface area contributed by atoms with Gasteiger partial charge in [-0.05, 0) is 71.9 Å². The molecule has 0 radical (unpaired) electrons. The maximum absolute atomic E-state index is 4.48. The molecule has 1 atom stereocenters. The second-order valence-corrected chi connectivity index (χ2v) is 9.43. The highest BCUT2D eigenvalue weighted by molar-refractivity contribution is 7.99. The van der Waals surface area contributed by atoms with Gasteiger partial charge in [0, 0.05) is 23.9 Å². The molecule has 0 saturated heterocycles. The Balaban J connectivity index is 1.76. The monoisotopic (exact) mass is 441 g/mol. The van der Waals surface area contributed by atoms with Crippen LogP contribution in [0, 0.1) is 6.92 Å². The topological polar surface area (TPSA) is 61.0 Å². The van der Waals surface area contributed by atoms with Crippen molar-refractivity contribution in [2.75, 3.05) is 16.8 Å². The lowest BCUT2D eigenvalue weighted by Crippen LogP contribution is -2.37. The molecule has 2 rings (SSSR count).